The third-order valence-corrected chi connectivity index (χ3v) is 1.59. The van der Waals surface area contributed by atoms with E-state index < -0.39 is 0 Å². The number of rotatable bonds is 5. The molecule has 1 heterocycles. The number of pyridine rings is 1. The van der Waals surface area contributed by atoms with E-state index in [1.165, 1.54) is 0 Å². The third kappa shape index (κ3) is 4.12. The number of nitriles is 1. The van der Waals surface area contributed by atoms with E-state index in [1.54, 1.807) is 12.4 Å². The van der Waals surface area contributed by atoms with Crippen LogP contribution in [0.3, 0.4) is 0 Å². The van der Waals surface area contributed by atoms with Crippen LogP contribution in [0.25, 0.3) is 0 Å². The first-order valence-electron chi connectivity index (χ1n) is 4.33. The SMILES string of the molecule is N#CCCCCOc1cccnc1. The van der Waals surface area contributed by atoms with E-state index in [9.17, 15) is 0 Å². The molecule has 0 N–H and O–H groups in total. The Kier molecular flexibility index (Phi) is 4.41. The summed E-state index contributed by atoms with van der Waals surface area (Å²) in [5, 5.41) is 8.28. The molecule has 0 aliphatic rings. The molecule has 1 aromatic heterocycles. The monoisotopic (exact) mass is 176 g/mol. The van der Waals surface area contributed by atoms with Gasteiger partial charge in [0.25, 0.3) is 0 Å². The number of ether oxygens (including phenoxy) is 1. The van der Waals surface area contributed by atoms with Crippen LogP contribution in [-0.4, -0.2) is 11.6 Å². The second kappa shape index (κ2) is 6.01. The molecule has 0 unspecified atom stereocenters. The summed E-state index contributed by atoms with van der Waals surface area (Å²) in [5.74, 6) is 0.791. The van der Waals surface area contributed by atoms with Crippen molar-refractivity contribution < 1.29 is 4.74 Å². The lowest BCUT2D eigenvalue weighted by atomic mass is 10.3. The molecule has 0 saturated heterocycles. The summed E-state index contributed by atoms with van der Waals surface area (Å²) >= 11 is 0. The topological polar surface area (TPSA) is 45.9 Å². The summed E-state index contributed by atoms with van der Waals surface area (Å²) in [6, 6.07) is 5.81. The Morgan fingerprint density at radius 3 is 3.08 bits per heavy atom. The van der Waals surface area contributed by atoms with E-state index in [-0.39, 0.29) is 0 Å². The van der Waals surface area contributed by atoms with E-state index in [0.29, 0.717) is 13.0 Å². The lowest BCUT2D eigenvalue weighted by Crippen LogP contribution is -1.96. The Morgan fingerprint density at radius 1 is 1.46 bits per heavy atom. The molecule has 68 valence electrons. The largest absolute Gasteiger partial charge is 0.492 e. The number of hydrogen-bond donors (Lipinski definition) is 0. The van der Waals surface area contributed by atoms with Crippen LogP contribution in [0.1, 0.15) is 19.3 Å². The molecule has 13 heavy (non-hydrogen) atoms. The molecule has 0 fully saturated rings. The molecule has 1 aromatic rings. The number of hydrogen-bond acceptors (Lipinski definition) is 3. The van der Waals surface area contributed by atoms with Crippen molar-refractivity contribution in [3.05, 3.63) is 24.5 Å². The number of nitrogens with zero attached hydrogens (tertiary/aromatic N) is 2. The maximum Gasteiger partial charge on any atom is 0.137 e. The predicted octanol–water partition coefficient (Wildman–Crippen LogP) is 2.15. The molecule has 0 radical (unpaired) electrons. The van der Waals surface area contributed by atoms with Crippen molar-refractivity contribution in [2.45, 2.75) is 19.3 Å². The molecule has 0 saturated carbocycles. The summed E-state index contributed by atoms with van der Waals surface area (Å²) in [4.78, 5) is 3.92. The van der Waals surface area contributed by atoms with E-state index in [1.807, 2.05) is 12.1 Å². The average molecular weight is 176 g/mol. The standard InChI is InChI=1S/C10H12N2O/c11-6-2-1-3-8-13-10-5-4-7-12-9-10/h4-5,7,9H,1-3,8H2. The molecular formula is C10H12N2O. The Morgan fingerprint density at radius 2 is 2.38 bits per heavy atom. The molecule has 0 atom stereocenters. The first kappa shape index (κ1) is 9.53. The van der Waals surface area contributed by atoms with Gasteiger partial charge in [-0.2, -0.15) is 5.26 Å². The van der Waals surface area contributed by atoms with Gasteiger partial charge in [-0.1, -0.05) is 0 Å². The number of unbranched alkanes of at least 4 members (excludes halogenated alkanes) is 2. The molecule has 0 aliphatic carbocycles. The van der Waals surface area contributed by atoms with Gasteiger partial charge >= 0.3 is 0 Å². The van der Waals surface area contributed by atoms with Gasteiger partial charge in [-0.25, -0.2) is 0 Å². The summed E-state index contributed by atoms with van der Waals surface area (Å²) in [6.45, 7) is 0.660. The average Bonchev–Trinajstić information content (AvgIpc) is 2.19. The summed E-state index contributed by atoms with van der Waals surface area (Å²) < 4.78 is 5.38. The van der Waals surface area contributed by atoms with Gasteiger partial charge in [-0.15, -0.1) is 0 Å². The fourth-order valence-corrected chi connectivity index (χ4v) is 0.929. The van der Waals surface area contributed by atoms with Gasteiger partial charge in [0.15, 0.2) is 0 Å². The highest BCUT2D eigenvalue weighted by molar-refractivity contribution is 5.15. The second-order valence-corrected chi connectivity index (χ2v) is 2.65. The van der Waals surface area contributed by atoms with Crippen LogP contribution < -0.4 is 4.74 Å². The number of aromatic nitrogens is 1. The zero-order valence-electron chi connectivity index (χ0n) is 7.44. The van der Waals surface area contributed by atoms with Gasteiger partial charge in [0.05, 0.1) is 18.9 Å². The Hall–Kier alpha value is -1.56. The van der Waals surface area contributed by atoms with Crippen molar-refractivity contribution in [2.75, 3.05) is 6.61 Å². The van der Waals surface area contributed by atoms with Gasteiger partial charge in [-0.05, 0) is 25.0 Å². The van der Waals surface area contributed by atoms with Crippen LogP contribution in [0.15, 0.2) is 24.5 Å². The molecule has 0 bridgehead atoms. The quantitative estimate of drug-likeness (QED) is 0.646. The van der Waals surface area contributed by atoms with E-state index in [4.69, 9.17) is 10.00 Å². The lowest BCUT2D eigenvalue weighted by Gasteiger charge is -2.03. The van der Waals surface area contributed by atoms with Crippen LogP contribution in [0.5, 0.6) is 5.75 Å². The van der Waals surface area contributed by atoms with Crippen molar-refractivity contribution in [2.24, 2.45) is 0 Å². The molecule has 0 spiro atoms. The highest BCUT2D eigenvalue weighted by atomic mass is 16.5. The molecule has 0 aromatic carbocycles. The van der Waals surface area contributed by atoms with Crippen molar-refractivity contribution in [3.8, 4) is 11.8 Å². The van der Waals surface area contributed by atoms with Gasteiger partial charge in [0, 0.05) is 12.6 Å². The Labute approximate surface area is 78.0 Å². The lowest BCUT2D eigenvalue weighted by molar-refractivity contribution is 0.306. The molecular weight excluding hydrogens is 164 g/mol. The fraction of sp³-hybridized carbons (Fsp3) is 0.400. The van der Waals surface area contributed by atoms with Crippen LogP contribution in [0.2, 0.25) is 0 Å². The van der Waals surface area contributed by atoms with Gasteiger partial charge in [-0.3, -0.25) is 4.98 Å². The van der Waals surface area contributed by atoms with Crippen LogP contribution in [-0.2, 0) is 0 Å². The minimum absolute atomic E-state index is 0.608. The molecule has 0 amide bonds. The summed E-state index contributed by atoms with van der Waals surface area (Å²) in [6.07, 6.45) is 5.82. The van der Waals surface area contributed by atoms with E-state index in [0.717, 1.165) is 18.6 Å². The van der Waals surface area contributed by atoms with Gasteiger partial charge in [0.2, 0.25) is 0 Å². The minimum Gasteiger partial charge on any atom is -0.492 e. The Balaban J connectivity index is 2.11. The maximum atomic E-state index is 8.28. The first-order valence-corrected chi connectivity index (χ1v) is 4.33. The minimum atomic E-state index is 0.608. The van der Waals surface area contributed by atoms with Crippen molar-refractivity contribution in [1.82, 2.24) is 4.98 Å². The van der Waals surface area contributed by atoms with Crippen LogP contribution in [0, 0.1) is 11.3 Å². The molecule has 1 rings (SSSR count). The highest BCUT2D eigenvalue weighted by Crippen LogP contribution is 2.06. The second-order valence-electron chi connectivity index (χ2n) is 2.65. The normalized spacial score (nSPS) is 9.15. The zero-order valence-corrected chi connectivity index (χ0v) is 7.44. The summed E-state index contributed by atoms with van der Waals surface area (Å²) in [5.41, 5.74) is 0. The van der Waals surface area contributed by atoms with Crippen LogP contribution in [0.4, 0.5) is 0 Å². The van der Waals surface area contributed by atoms with Gasteiger partial charge < -0.3 is 4.74 Å². The summed E-state index contributed by atoms with van der Waals surface area (Å²) in [7, 11) is 0. The smallest absolute Gasteiger partial charge is 0.137 e. The molecule has 3 nitrogen and oxygen atoms in total. The van der Waals surface area contributed by atoms with E-state index in [2.05, 4.69) is 11.1 Å². The van der Waals surface area contributed by atoms with Gasteiger partial charge in [0.1, 0.15) is 5.75 Å². The third-order valence-electron chi connectivity index (χ3n) is 1.59. The van der Waals surface area contributed by atoms with E-state index >= 15 is 0 Å². The van der Waals surface area contributed by atoms with Crippen molar-refractivity contribution in [3.63, 3.8) is 0 Å². The predicted molar refractivity (Wildman–Crippen MR) is 49.2 cm³/mol. The van der Waals surface area contributed by atoms with Crippen LogP contribution >= 0.6 is 0 Å². The van der Waals surface area contributed by atoms with Crippen molar-refractivity contribution in [1.29, 1.82) is 5.26 Å². The van der Waals surface area contributed by atoms with Crippen molar-refractivity contribution >= 4 is 0 Å². The fourth-order valence-electron chi connectivity index (χ4n) is 0.929. The molecule has 3 heteroatoms. The maximum absolute atomic E-state index is 8.28. The molecule has 0 aliphatic heterocycles. The highest BCUT2D eigenvalue weighted by Gasteiger charge is 1.91. The first-order chi connectivity index (χ1) is 6.43. The zero-order chi connectivity index (χ0) is 9.36. The Bertz CT molecular complexity index is 266.